The summed E-state index contributed by atoms with van der Waals surface area (Å²) in [6.45, 7) is 4.02. The number of amides is 2. The number of hydrogen-bond donors (Lipinski definition) is 2. The first-order valence-corrected chi connectivity index (χ1v) is 7.98. The molecule has 7 heteroatoms. The molecule has 120 valence electrons. The monoisotopic (exact) mass is 305 g/mol. The molecule has 2 aliphatic rings. The van der Waals surface area contributed by atoms with Crippen LogP contribution in [-0.2, 0) is 9.59 Å². The summed E-state index contributed by atoms with van der Waals surface area (Å²) in [5.41, 5.74) is 0. The Balaban J connectivity index is 1.62. The van der Waals surface area contributed by atoms with Gasteiger partial charge in [0.05, 0.1) is 12.1 Å². The van der Waals surface area contributed by atoms with Gasteiger partial charge in [0.1, 0.15) is 0 Å². The van der Waals surface area contributed by atoms with Crippen molar-refractivity contribution in [1.29, 1.82) is 0 Å². The van der Waals surface area contributed by atoms with E-state index in [1.54, 1.807) is 0 Å². The van der Waals surface area contributed by atoms with Gasteiger partial charge in [0.15, 0.2) is 5.82 Å². The molecule has 1 aromatic heterocycles. The molecule has 3 rings (SSSR count). The van der Waals surface area contributed by atoms with Crippen LogP contribution >= 0.6 is 0 Å². The lowest BCUT2D eigenvalue weighted by atomic mass is 10.1. The number of nitrogens with zero attached hydrogens (tertiary/aromatic N) is 3. The lowest BCUT2D eigenvalue weighted by molar-refractivity contribution is -0.125. The van der Waals surface area contributed by atoms with Crippen LogP contribution in [-0.4, -0.2) is 52.2 Å². The van der Waals surface area contributed by atoms with Gasteiger partial charge in [-0.1, -0.05) is 0 Å². The molecule has 2 fully saturated rings. The maximum Gasteiger partial charge on any atom is 0.237 e. The van der Waals surface area contributed by atoms with Gasteiger partial charge in [0.2, 0.25) is 11.8 Å². The highest BCUT2D eigenvalue weighted by Crippen LogP contribution is 2.26. The zero-order chi connectivity index (χ0) is 15.5. The first-order chi connectivity index (χ1) is 10.6. The Bertz CT molecular complexity index is 556. The number of rotatable bonds is 3. The maximum absolute atomic E-state index is 12.1. The summed E-state index contributed by atoms with van der Waals surface area (Å²) < 4.78 is 1.90. The second-order valence-corrected chi connectivity index (χ2v) is 6.10. The Morgan fingerprint density at radius 1 is 1.41 bits per heavy atom. The number of aromatic nitrogens is 2. The van der Waals surface area contributed by atoms with Gasteiger partial charge < -0.3 is 10.6 Å². The Hall–Kier alpha value is -1.89. The van der Waals surface area contributed by atoms with Crippen LogP contribution in [0.5, 0.6) is 0 Å². The quantitative estimate of drug-likeness (QED) is 0.864. The molecule has 0 saturated carbocycles. The number of anilines is 1. The van der Waals surface area contributed by atoms with Gasteiger partial charge >= 0.3 is 0 Å². The Morgan fingerprint density at radius 3 is 3.09 bits per heavy atom. The summed E-state index contributed by atoms with van der Waals surface area (Å²) in [6.07, 6.45) is 5.98. The van der Waals surface area contributed by atoms with Crippen LogP contribution in [0.4, 0.5) is 5.82 Å². The first kappa shape index (κ1) is 15.0. The van der Waals surface area contributed by atoms with Crippen LogP contribution in [0.25, 0.3) is 0 Å². The summed E-state index contributed by atoms with van der Waals surface area (Å²) in [5.74, 6) is 0.629. The largest absolute Gasteiger partial charge is 0.355 e. The third kappa shape index (κ3) is 3.30. The van der Waals surface area contributed by atoms with Crippen molar-refractivity contribution in [2.45, 2.75) is 44.7 Å². The molecule has 0 aliphatic carbocycles. The highest BCUT2D eigenvalue weighted by atomic mass is 16.2. The van der Waals surface area contributed by atoms with Crippen LogP contribution in [0, 0.1) is 0 Å². The number of carbonyl (C=O) groups excluding carboxylic acids is 2. The summed E-state index contributed by atoms with van der Waals surface area (Å²) in [7, 11) is 0. The minimum absolute atomic E-state index is 0.00197. The molecule has 2 saturated heterocycles. The molecule has 0 bridgehead atoms. The predicted molar refractivity (Wildman–Crippen MR) is 82.4 cm³/mol. The number of likely N-dealkylation sites (tertiary alicyclic amines) is 1. The van der Waals surface area contributed by atoms with Crippen LogP contribution in [0.1, 0.15) is 38.6 Å². The highest BCUT2D eigenvalue weighted by Gasteiger charge is 2.33. The molecule has 0 radical (unpaired) electrons. The van der Waals surface area contributed by atoms with E-state index in [0.29, 0.717) is 5.82 Å². The molecular formula is C15H23N5O2. The van der Waals surface area contributed by atoms with Gasteiger partial charge in [-0.15, -0.1) is 0 Å². The van der Waals surface area contributed by atoms with Crippen molar-refractivity contribution in [3.8, 4) is 0 Å². The van der Waals surface area contributed by atoms with Crippen LogP contribution in [0.15, 0.2) is 12.3 Å². The molecule has 2 atom stereocenters. The van der Waals surface area contributed by atoms with Crippen molar-refractivity contribution in [1.82, 2.24) is 20.0 Å². The summed E-state index contributed by atoms with van der Waals surface area (Å²) in [5, 5.41) is 10.1. The predicted octanol–water partition coefficient (Wildman–Crippen LogP) is 0.757. The van der Waals surface area contributed by atoms with Crippen LogP contribution in [0.2, 0.25) is 0 Å². The molecule has 0 spiro atoms. The topological polar surface area (TPSA) is 79.3 Å². The van der Waals surface area contributed by atoms with E-state index in [2.05, 4.69) is 20.6 Å². The SMILES string of the molecule is CC(=O)Nc1ccn([C@H]2CCN([C@@H]3CCCCNC3=O)C2)n1. The number of nitrogens with one attached hydrogen (secondary N) is 2. The van der Waals surface area contributed by atoms with E-state index in [4.69, 9.17) is 0 Å². The van der Waals surface area contributed by atoms with Crippen molar-refractivity contribution in [2.75, 3.05) is 25.0 Å². The summed E-state index contributed by atoms with van der Waals surface area (Å²) in [4.78, 5) is 25.5. The zero-order valence-corrected chi connectivity index (χ0v) is 12.9. The maximum atomic E-state index is 12.1. The van der Waals surface area contributed by atoms with E-state index in [0.717, 1.165) is 45.3 Å². The first-order valence-electron chi connectivity index (χ1n) is 7.98. The van der Waals surface area contributed by atoms with Crippen molar-refractivity contribution in [2.24, 2.45) is 0 Å². The van der Waals surface area contributed by atoms with Gasteiger partial charge in [-0.05, 0) is 25.7 Å². The second-order valence-electron chi connectivity index (χ2n) is 6.10. The number of carbonyl (C=O) groups is 2. The van der Waals surface area contributed by atoms with E-state index >= 15 is 0 Å². The zero-order valence-electron chi connectivity index (χ0n) is 12.9. The average molecular weight is 305 g/mol. The lowest BCUT2D eigenvalue weighted by Gasteiger charge is -2.25. The van der Waals surface area contributed by atoms with E-state index in [1.165, 1.54) is 6.92 Å². The van der Waals surface area contributed by atoms with Gasteiger partial charge in [0, 0.05) is 38.8 Å². The van der Waals surface area contributed by atoms with Crippen LogP contribution < -0.4 is 10.6 Å². The van der Waals surface area contributed by atoms with Crippen molar-refractivity contribution >= 4 is 17.6 Å². The van der Waals surface area contributed by atoms with Crippen molar-refractivity contribution in [3.05, 3.63) is 12.3 Å². The Kier molecular flexibility index (Phi) is 4.42. The van der Waals surface area contributed by atoms with Crippen molar-refractivity contribution in [3.63, 3.8) is 0 Å². The number of hydrogen-bond acceptors (Lipinski definition) is 4. The summed E-state index contributed by atoms with van der Waals surface area (Å²) in [6, 6.07) is 2.07. The highest BCUT2D eigenvalue weighted by molar-refractivity contribution is 5.87. The molecule has 0 unspecified atom stereocenters. The molecule has 0 aromatic carbocycles. The van der Waals surface area contributed by atoms with Crippen LogP contribution in [0.3, 0.4) is 0 Å². The third-order valence-electron chi connectivity index (χ3n) is 4.43. The van der Waals surface area contributed by atoms with E-state index in [1.807, 2.05) is 16.9 Å². The lowest BCUT2D eigenvalue weighted by Crippen LogP contribution is -2.44. The Morgan fingerprint density at radius 2 is 2.27 bits per heavy atom. The van der Waals surface area contributed by atoms with Gasteiger partial charge in [-0.2, -0.15) is 5.10 Å². The Labute approximate surface area is 130 Å². The van der Waals surface area contributed by atoms with Gasteiger partial charge in [-0.3, -0.25) is 19.2 Å². The molecular weight excluding hydrogens is 282 g/mol. The second kappa shape index (κ2) is 6.48. The standard InChI is InChI=1S/C15H23N5O2/c1-11(21)17-14-6-9-20(18-14)12-5-8-19(10-12)13-4-2-3-7-16-15(13)22/h6,9,12-13H,2-5,7-8,10H2,1H3,(H,16,22)(H,17,18,21)/t12-,13+/m0/s1. The normalized spacial score (nSPS) is 26.5. The molecule has 2 amide bonds. The van der Waals surface area contributed by atoms with E-state index in [-0.39, 0.29) is 23.9 Å². The molecule has 3 heterocycles. The third-order valence-corrected chi connectivity index (χ3v) is 4.43. The fraction of sp³-hybridized carbons (Fsp3) is 0.667. The fourth-order valence-electron chi connectivity index (χ4n) is 3.33. The van der Waals surface area contributed by atoms with E-state index in [9.17, 15) is 9.59 Å². The molecule has 2 N–H and O–H groups in total. The molecule has 7 nitrogen and oxygen atoms in total. The minimum Gasteiger partial charge on any atom is -0.355 e. The molecule has 22 heavy (non-hydrogen) atoms. The van der Waals surface area contributed by atoms with Gasteiger partial charge in [0.25, 0.3) is 0 Å². The minimum atomic E-state index is -0.117. The van der Waals surface area contributed by atoms with Crippen molar-refractivity contribution < 1.29 is 9.59 Å². The summed E-state index contributed by atoms with van der Waals surface area (Å²) >= 11 is 0. The molecule has 2 aliphatic heterocycles. The van der Waals surface area contributed by atoms with E-state index < -0.39 is 0 Å². The van der Waals surface area contributed by atoms with Gasteiger partial charge in [-0.25, -0.2) is 0 Å². The smallest absolute Gasteiger partial charge is 0.237 e. The fourth-order valence-corrected chi connectivity index (χ4v) is 3.33. The molecule has 1 aromatic rings. The average Bonchev–Trinajstić information content (AvgIpc) is 3.06.